The Balaban J connectivity index is 1.81. The first-order valence-corrected chi connectivity index (χ1v) is 7.07. The predicted molar refractivity (Wildman–Crippen MR) is 75.6 cm³/mol. The molecule has 2 rings (SSSR count). The number of halogens is 1. The molecular formula is C15H19FN2O3. The van der Waals surface area contributed by atoms with Crippen LogP contribution in [0.15, 0.2) is 24.3 Å². The number of amides is 2. The van der Waals surface area contributed by atoms with E-state index in [0.29, 0.717) is 31.6 Å². The second-order valence-corrected chi connectivity index (χ2v) is 5.18. The predicted octanol–water partition coefficient (Wildman–Crippen LogP) is 2.19. The molecule has 0 aliphatic carbocycles. The van der Waals surface area contributed by atoms with E-state index in [2.05, 4.69) is 5.32 Å². The summed E-state index contributed by atoms with van der Waals surface area (Å²) in [6.45, 7) is 1.42. The van der Waals surface area contributed by atoms with Gasteiger partial charge in [-0.05, 0) is 24.5 Å². The van der Waals surface area contributed by atoms with Crippen molar-refractivity contribution in [2.45, 2.75) is 25.2 Å². The van der Waals surface area contributed by atoms with Crippen LogP contribution in [0.3, 0.4) is 0 Å². The summed E-state index contributed by atoms with van der Waals surface area (Å²) in [5.41, 5.74) is 0.652. The number of rotatable bonds is 5. The average molecular weight is 294 g/mol. The fourth-order valence-electron chi connectivity index (χ4n) is 2.55. The van der Waals surface area contributed by atoms with Gasteiger partial charge in [-0.25, -0.2) is 9.18 Å². The van der Waals surface area contributed by atoms with Gasteiger partial charge in [0.1, 0.15) is 5.82 Å². The van der Waals surface area contributed by atoms with Gasteiger partial charge in [-0.1, -0.05) is 18.2 Å². The fourth-order valence-corrected chi connectivity index (χ4v) is 2.55. The number of aliphatic carboxylic acids is 1. The second kappa shape index (κ2) is 7.06. The van der Waals surface area contributed by atoms with Gasteiger partial charge in [0, 0.05) is 32.0 Å². The van der Waals surface area contributed by atoms with Crippen LogP contribution in [0.25, 0.3) is 0 Å². The molecule has 1 aliphatic rings. The lowest BCUT2D eigenvalue weighted by Gasteiger charge is -2.17. The highest BCUT2D eigenvalue weighted by molar-refractivity contribution is 5.74. The molecule has 2 N–H and O–H groups in total. The summed E-state index contributed by atoms with van der Waals surface area (Å²) in [7, 11) is 0. The van der Waals surface area contributed by atoms with Crippen LogP contribution in [0, 0.1) is 5.82 Å². The van der Waals surface area contributed by atoms with Crippen molar-refractivity contribution in [3.8, 4) is 0 Å². The number of carboxylic acids is 1. The van der Waals surface area contributed by atoms with Crippen molar-refractivity contribution >= 4 is 12.0 Å². The van der Waals surface area contributed by atoms with E-state index in [4.69, 9.17) is 5.11 Å². The average Bonchev–Trinajstić information content (AvgIpc) is 2.93. The van der Waals surface area contributed by atoms with Gasteiger partial charge in [-0.3, -0.25) is 4.79 Å². The van der Waals surface area contributed by atoms with E-state index in [-0.39, 0.29) is 24.2 Å². The number of benzene rings is 1. The number of likely N-dealkylation sites (tertiary alicyclic amines) is 1. The van der Waals surface area contributed by atoms with E-state index in [1.807, 2.05) is 0 Å². The van der Waals surface area contributed by atoms with Crippen LogP contribution in [0.4, 0.5) is 9.18 Å². The van der Waals surface area contributed by atoms with Crippen LogP contribution in [0.5, 0.6) is 0 Å². The summed E-state index contributed by atoms with van der Waals surface area (Å²) >= 11 is 0. The first-order valence-electron chi connectivity index (χ1n) is 7.07. The molecule has 21 heavy (non-hydrogen) atoms. The Bertz CT molecular complexity index is 521. The third-order valence-corrected chi connectivity index (χ3v) is 3.66. The lowest BCUT2D eigenvalue weighted by atomic mass is 9.98. The van der Waals surface area contributed by atoms with E-state index in [0.717, 1.165) is 6.42 Å². The number of urea groups is 1. The topological polar surface area (TPSA) is 69.6 Å². The highest BCUT2D eigenvalue weighted by Gasteiger charge is 2.28. The van der Waals surface area contributed by atoms with Crippen molar-refractivity contribution in [3.63, 3.8) is 0 Å². The minimum absolute atomic E-state index is 0.0240. The Hall–Kier alpha value is -2.11. The third kappa shape index (κ3) is 4.18. The highest BCUT2D eigenvalue weighted by atomic mass is 19.1. The Morgan fingerprint density at radius 2 is 2.14 bits per heavy atom. The Labute approximate surface area is 122 Å². The van der Waals surface area contributed by atoms with E-state index in [1.54, 1.807) is 23.1 Å². The normalized spacial score (nSPS) is 17.8. The van der Waals surface area contributed by atoms with E-state index < -0.39 is 5.97 Å². The number of hydrogen-bond acceptors (Lipinski definition) is 2. The Kier molecular flexibility index (Phi) is 5.14. The van der Waals surface area contributed by atoms with Gasteiger partial charge in [0.05, 0.1) is 0 Å². The smallest absolute Gasteiger partial charge is 0.317 e. The molecule has 1 atom stereocenters. The summed E-state index contributed by atoms with van der Waals surface area (Å²) in [6.07, 6.45) is 1.19. The van der Waals surface area contributed by atoms with Crippen molar-refractivity contribution in [1.29, 1.82) is 0 Å². The first-order chi connectivity index (χ1) is 10.1. The number of carbonyl (C=O) groups excluding carboxylic acids is 1. The molecule has 1 saturated heterocycles. The summed E-state index contributed by atoms with van der Waals surface area (Å²) < 4.78 is 13.7. The zero-order valence-corrected chi connectivity index (χ0v) is 11.7. The SMILES string of the molecule is O=C(O)CCCNC(=O)N1CCC(c2ccccc2F)C1. The van der Waals surface area contributed by atoms with Crippen LogP contribution in [0.1, 0.15) is 30.7 Å². The number of carbonyl (C=O) groups is 2. The highest BCUT2D eigenvalue weighted by Crippen LogP contribution is 2.28. The van der Waals surface area contributed by atoms with Gasteiger partial charge in [-0.2, -0.15) is 0 Å². The number of carboxylic acid groups (broad SMARTS) is 1. The Morgan fingerprint density at radius 3 is 2.86 bits per heavy atom. The van der Waals surface area contributed by atoms with Crippen molar-refractivity contribution < 1.29 is 19.1 Å². The number of nitrogens with one attached hydrogen (secondary N) is 1. The molecule has 1 aliphatic heterocycles. The zero-order valence-electron chi connectivity index (χ0n) is 11.7. The minimum Gasteiger partial charge on any atom is -0.481 e. The van der Waals surface area contributed by atoms with E-state index in [9.17, 15) is 14.0 Å². The lowest BCUT2D eigenvalue weighted by molar-refractivity contribution is -0.137. The fraction of sp³-hybridized carbons (Fsp3) is 0.467. The molecule has 2 amide bonds. The molecule has 1 aromatic rings. The summed E-state index contributed by atoms with van der Waals surface area (Å²) in [4.78, 5) is 23.9. The molecule has 0 radical (unpaired) electrons. The third-order valence-electron chi connectivity index (χ3n) is 3.66. The van der Waals surface area contributed by atoms with E-state index in [1.165, 1.54) is 6.07 Å². The summed E-state index contributed by atoms with van der Waals surface area (Å²) in [5, 5.41) is 11.2. The molecule has 1 aromatic carbocycles. The molecule has 1 fully saturated rings. The van der Waals surface area contributed by atoms with Gasteiger partial charge in [0.2, 0.25) is 0 Å². The van der Waals surface area contributed by atoms with Gasteiger partial charge in [-0.15, -0.1) is 0 Å². The number of nitrogens with zero attached hydrogens (tertiary/aromatic N) is 1. The molecular weight excluding hydrogens is 275 g/mol. The number of hydrogen-bond donors (Lipinski definition) is 2. The van der Waals surface area contributed by atoms with Crippen molar-refractivity contribution in [2.75, 3.05) is 19.6 Å². The van der Waals surface area contributed by atoms with Crippen LogP contribution in [-0.4, -0.2) is 41.6 Å². The lowest BCUT2D eigenvalue weighted by Crippen LogP contribution is -2.38. The van der Waals surface area contributed by atoms with Crippen molar-refractivity contribution in [2.24, 2.45) is 0 Å². The maximum atomic E-state index is 13.7. The molecule has 6 heteroatoms. The van der Waals surface area contributed by atoms with Crippen molar-refractivity contribution in [1.82, 2.24) is 10.2 Å². The molecule has 5 nitrogen and oxygen atoms in total. The molecule has 1 heterocycles. The molecule has 0 spiro atoms. The molecule has 1 unspecified atom stereocenters. The summed E-state index contributed by atoms with van der Waals surface area (Å²) in [6, 6.07) is 6.44. The maximum Gasteiger partial charge on any atom is 0.317 e. The Morgan fingerprint density at radius 1 is 1.38 bits per heavy atom. The van der Waals surface area contributed by atoms with Crippen LogP contribution >= 0.6 is 0 Å². The van der Waals surface area contributed by atoms with Crippen molar-refractivity contribution in [3.05, 3.63) is 35.6 Å². The first kappa shape index (κ1) is 15.3. The molecule has 0 aromatic heterocycles. The van der Waals surface area contributed by atoms with Crippen LogP contribution < -0.4 is 5.32 Å². The monoisotopic (exact) mass is 294 g/mol. The maximum absolute atomic E-state index is 13.7. The van der Waals surface area contributed by atoms with Gasteiger partial charge >= 0.3 is 12.0 Å². The van der Waals surface area contributed by atoms with Crippen LogP contribution in [-0.2, 0) is 4.79 Å². The van der Waals surface area contributed by atoms with Gasteiger partial charge < -0.3 is 15.3 Å². The van der Waals surface area contributed by atoms with E-state index >= 15 is 0 Å². The molecule has 0 saturated carbocycles. The quantitative estimate of drug-likeness (QED) is 0.818. The zero-order chi connectivity index (χ0) is 15.2. The van der Waals surface area contributed by atoms with Crippen LogP contribution in [0.2, 0.25) is 0 Å². The largest absolute Gasteiger partial charge is 0.481 e. The molecule has 114 valence electrons. The minimum atomic E-state index is -0.870. The van der Waals surface area contributed by atoms with Gasteiger partial charge in [0.25, 0.3) is 0 Å². The molecule has 0 bridgehead atoms. The second-order valence-electron chi connectivity index (χ2n) is 5.18. The van der Waals surface area contributed by atoms with Gasteiger partial charge in [0.15, 0.2) is 0 Å². The standard InChI is InChI=1S/C15H19FN2O3/c16-13-5-2-1-4-12(13)11-7-9-18(10-11)15(21)17-8-3-6-14(19)20/h1-2,4-5,11H,3,6-10H2,(H,17,21)(H,19,20). The summed E-state index contributed by atoms with van der Waals surface area (Å²) in [5.74, 6) is -1.08.